The first kappa shape index (κ1) is 19.4. The number of nitro groups is 1. The lowest BCUT2D eigenvalue weighted by Crippen LogP contribution is -2.47. The van der Waals surface area contributed by atoms with E-state index in [4.69, 9.17) is 4.74 Å². The Kier molecular flexibility index (Phi) is 5.55. The fourth-order valence-corrected chi connectivity index (χ4v) is 3.39. The standard InChI is InChI=1S/C20H21N7O3/c1-30-16-6-4-5-15(13-16)24-19-18(27(28)29)20(23-14-22-19)26-11-9-25(10-12-26)17-7-2-3-8-21-17/h2-8,13-14H,9-12H2,1H3,(H,22,23,24). The number of piperazine rings is 1. The largest absolute Gasteiger partial charge is 0.497 e. The van der Waals surface area contributed by atoms with Gasteiger partial charge in [0.1, 0.15) is 17.9 Å². The number of rotatable bonds is 6. The normalized spacial score (nSPS) is 13.8. The molecule has 1 aliphatic rings. The number of ether oxygens (including phenoxy) is 1. The third-order valence-electron chi connectivity index (χ3n) is 4.87. The van der Waals surface area contributed by atoms with Gasteiger partial charge >= 0.3 is 5.69 Å². The van der Waals surface area contributed by atoms with Crippen LogP contribution in [0.5, 0.6) is 5.75 Å². The number of nitrogens with zero attached hydrogens (tertiary/aromatic N) is 6. The quantitative estimate of drug-likeness (QED) is 0.487. The maximum atomic E-state index is 11.9. The molecular weight excluding hydrogens is 386 g/mol. The van der Waals surface area contributed by atoms with Gasteiger partial charge in [-0.2, -0.15) is 0 Å². The zero-order chi connectivity index (χ0) is 20.9. The number of nitrogens with one attached hydrogen (secondary N) is 1. The summed E-state index contributed by atoms with van der Waals surface area (Å²) >= 11 is 0. The van der Waals surface area contributed by atoms with Crippen LogP contribution >= 0.6 is 0 Å². The van der Waals surface area contributed by atoms with E-state index in [1.54, 1.807) is 37.6 Å². The summed E-state index contributed by atoms with van der Waals surface area (Å²) in [5.41, 5.74) is 0.494. The second-order valence-corrected chi connectivity index (χ2v) is 6.67. The summed E-state index contributed by atoms with van der Waals surface area (Å²) in [5.74, 6) is 1.99. The SMILES string of the molecule is COc1cccc(Nc2ncnc(N3CCN(c4ccccn4)CC3)c2[N+](=O)[O-])c1. The molecule has 0 unspecified atom stereocenters. The molecule has 10 heteroatoms. The van der Waals surface area contributed by atoms with Crippen molar-refractivity contribution >= 4 is 28.8 Å². The number of hydrogen-bond acceptors (Lipinski definition) is 9. The summed E-state index contributed by atoms with van der Waals surface area (Å²) < 4.78 is 5.21. The van der Waals surface area contributed by atoms with Gasteiger partial charge in [0.05, 0.1) is 12.0 Å². The Balaban J connectivity index is 1.57. The van der Waals surface area contributed by atoms with Crippen molar-refractivity contribution in [2.45, 2.75) is 0 Å². The molecular formula is C20H21N7O3. The molecule has 0 amide bonds. The van der Waals surface area contributed by atoms with Crippen LogP contribution in [0.1, 0.15) is 0 Å². The van der Waals surface area contributed by atoms with Gasteiger partial charge in [0.2, 0.25) is 11.6 Å². The molecule has 2 aromatic heterocycles. The molecule has 0 atom stereocenters. The minimum absolute atomic E-state index is 0.144. The Morgan fingerprint density at radius 2 is 1.83 bits per heavy atom. The molecule has 154 valence electrons. The first-order valence-electron chi connectivity index (χ1n) is 9.47. The van der Waals surface area contributed by atoms with E-state index in [-0.39, 0.29) is 11.5 Å². The smallest absolute Gasteiger partial charge is 0.353 e. The average molecular weight is 407 g/mol. The first-order chi connectivity index (χ1) is 14.7. The van der Waals surface area contributed by atoms with Crippen LogP contribution in [0.2, 0.25) is 0 Å². The van der Waals surface area contributed by atoms with Crippen LogP contribution in [-0.4, -0.2) is 53.2 Å². The van der Waals surface area contributed by atoms with E-state index in [9.17, 15) is 10.1 Å². The maximum absolute atomic E-state index is 11.9. The summed E-state index contributed by atoms with van der Waals surface area (Å²) in [7, 11) is 1.56. The topological polar surface area (TPSA) is 110 Å². The minimum Gasteiger partial charge on any atom is -0.497 e. The van der Waals surface area contributed by atoms with Crippen molar-refractivity contribution in [1.82, 2.24) is 15.0 Å². The van der Waals surface area contributed by atoms with Gasteiger partial charge in [0.15, 0.2) is 0 Å². The summed E-state index contributed by atoms with van der Waals surface area (Å²) in [6, 6.07) is 12.9. The molecule has 1 aliphatic heterocycles. The molecule has 1 saturated heterocycles. The van der Waals surface area contributed by atoms with E-state index < -0.39 is 4.92 Å². The highest BCUT2D eigenvalue weighted by atomic mass is 16.6. The lowest BCUT2D eigenvalue weighted by atomic mass is 10.2. The zero-order valence-corrected chi connectivity index (χ0v) is 16.4. The van der Waals surface area contributed by atoms with Crippen LogP contribution < -0.4 is 19.9 Å². The number of hydrogen-bond donors (Lipinski definition) is 1. The highest BCUT2D eigenvalue weighted by molar-refractivity contribution is 5.75. The minimum atomic E-state index is -0.442. The fraction of sp³-hybridized carbons (Fsp3) is 0.250. The molecule has 0 saturated carbocycles. The third-order valence-corrected chi connectivity index (χ3v) is 4.87. The lowest BCUT2D eigenvalue weighted by Gasteiger charge is -2.35. The summed E-state index contributed by atoms with van der Waals surface area (Å²) in [6.07, 6.45) is 3.10. The van der Waals surface area contributed by atoms with Crippen LogP contribution in [0, 0.1) is 10.1 Å². The van der Waals surface area contributed by atoms with Crippen molar-refractivity contribution in [1.29, 1.82) is 0 Å². The van der Waals surface area contributed by atoms with E-state index >= 15 is 0 Å². The molecule has 0 spiro atoms. The molecule has 10 nitrogen and oxygen atoms in total. The summed E-state index contributed by atoms with van der Waals surface area (Å²) in [5, 5.41) is 14.9. The van der Waals surface area contributed by atoms with Crippen molar-refractivity contribution in [3.05, 3.63) is 65.1 Å². The highest BCUT2D eigenvalue weighted by Crippen LogP contribution is 2.34. The predicted octanol–water partition coefficient (Wildman–Crippen LogP) is 2.86. The van der Waals surface area contributed by atoms with E-state index in [1.807, 2.05) is 23.1 Å². The van der Waals surface area contributed by atoms with Gasteiger partial charge in [0, 0.05) is 44.1 Å². The number of aromatic nitrogens is 3. The van der Waals surface area contributed by atoms with Crippen LogP contribution in [0.25, 0.3) is 0 Å². The number of methoxy groups -OCH3 is 1. The third kappa shape index (κ3) is 4.07. The second-order valence-electron chi connectivity index (χ2n) is 6.67. The number of pyridine rings is 1. The molecule has 1 N–H and O–H groups in total. The molecule has 3 aromatic rings. The van der Waals surface area contributed by atoms with Gasteiger partial charge in [0.25, 0.3) is 0 Å². The Morgan fingerprint density at radius 3 is 2.53 bits per heavy atom. The molecule has 4 rings (SSSR count). The van der Waals surface area contributed by atoms with Crippen molar-refractivity contribution < 1.29 is 9.66 Å². The Morgan fingerprint density at radius 1 is 1.03 bits per heavy atom. The lowest BCUT2D eigenvalue weighted by molar-refractivity contribution is -0.383. The van der Waals surface area contributed by atoms with Crippen LogP contribution in [0.15, 0.2) is 55.0 Å². The molecule has 0 radical (unpaired) electrons. The van der Waals surface area contributed by atoms with Crippen LogP contribution in [0.4, 0.5) is 28.8 Å². The molecule has 1 fully saturated rings. The highest BCUT2D eigenvalue weighted by Gasteiger charge is 2.29. The summed E-state index contributed by atoms with van der Waals surface area (Å²) in [4.78, 5) is 28.2. The Hall–Kier alpha value is -3.95. The number of anilines is 4. The Bertz CT molecular complexity index is 1020. The molecule has 0 aliphatic carbocycles. The van der Waals surface area contributed by atoms with Crippen LogP contribution in [-0.2, 0) is 0 Å². The molecule has 3 heterocycles. The number of benzene rings is 1. The molecule has 0 bridgehead atoms. The zero-order valence-electron chi connectivity index (χ0n) is 16.4. The average Bonchev–Trinajstić information content (AvgIpc) is 2.79. The van der Waals surface area contributed by atoms with Gasteiger partial charge in [-0.25, -0.2) is 15.0 Å². The van der Waals surface area contributed by atoms with Gasteiger partial charge < -0.3 is 19.9 Å². The maximum Gasteiger partial charge on any atom is 0.353 e. The fourth-order valence-electron chi connectivity index (χ4n) is 3.39. The van der Waals surface area contributed by atoms with Crippen LogP contribution in [0.3, 0.4) is 0 Å². The summed E-state index contributed by atoms with van der Waals surface area (Å²) in [6.45, 7) is 2.56. The van der Waals surface area contributed by atoms with Crippen molar-refractivity contribution in [2.24, 2.45) is 0 Å². The first-order valence-corrected chi connectivity index (χ1v) is 9.47. The van der Waals surface area contributed by atoms with Gasteiger partial charge in [-0.15, -0.1) is 0 Å². The Labute approximate surface area is 173 Å². The van der Waals surface area contributed by atoms with Crippen molar-refractivity contribution in [3.63, 3.8) is 0 Å². The predicted molar refractivity (Wildman–Crippen MR) is 114 cm³/mol. The van der Waals surface area contributed by atoms with Gasteiger partial charge in [-0.05, 0) is 24.3 Å². The van der Waals surface area contributed by atoms with E-state index in [0.717, 1.165) is 5.82 Å². The van der Waals surface area contributed by atoms with Crippen molar-refractivity contribution in [2.75, 3.05) is 48.4 Å². The van der Waals surface area contributed by atoms with Gasteiger partial charge in [-0.1, -0.05) is 12.1 Å². The van der Waals surface area contributed by atoms with Gasteiger partial charge in [-0.3, -0.25) is 10.1 Å². The monoisotopic (exact) mass is 407 g/mol. The van der Waals surface area contributed by atoms with Crippen molar-refractivity contribution in [3.8, 4) is 5.75 Å². The molecule has 30 heavy (non-hydrogen) atoms. The van der Waals surface area contributed by atoms with E-state index in [0.29, 0.717) is 43.4 Å². The molecule has 1 aromatic carbocycles. The van der Waals surface area contributed by atoms with E-state index in [2.05, 4.69) is 25.2 Å². The van der Waals surface area contributed by atoms with E-state index in [1.165, 1.54) is 6.33 Å². The second kappa shape index (κ2) is 8.60.